The van der Waals surface area contributed by atoms with Crippen LogP contribution in [0, 0.1) is 0 Å². The van der Waals surface area contributed by atoms with Crippen molar-refractivity contribution in [2.24, 2.45) is 0 Å². The summed E-state index contributed by atoms with van der Waals surface area (Å²) in [6.45, 7) is 10.6. The van der Waals surface area contributed by atoms with Gasteiger partial charge in [0.1, 0.15) is 0 Å². The second-order valence-electron chi connectivity index (χ2n) is 3.85. The Morgan fingerprint density at radius 2 is 1.86 bits per heavy atom. The van der Waals surface area contributed by atoms with Crippen LogP contribution in [0.4, 0.5) is 0 Å². The van der Waals surface area contributed by atoms with E-state index in [4.69, 9.17) is 0 Å². The van der Waals surface area contributed by atoms with Gasteiger partial charge in [0.15, 0.2) is 0 Å². The summed E-state index contributed by atoms with van der Waals surface area (Å²) in [6, 6.07) is 0. The topological polar surface area (TPSA) is 15.3 Å². The molecule has 1 N–H and O–H groups in total. The van der Waals surface area contributed by atoms with E-state index in [1.54, 1.807) is 0 Å². The first kappa shape index (κ1) is 12.3. The zero-order valence-corrected chi connectivity index (χ0v) is 10.4. The number of thioether (sulfide) groups is 1. The van der Waals surface area contributed by atoms with Gasteiger partial charge in [-0.05, 0) is 39.0 Å². The van der Waals surface area contributed by atoms with Gasteiger partial charge in [0.05, 0.1) is 0 Å². The minimum atomic E-state index is 0.923. The summed E-state index contributed by atoms with van der Waals surface area (Å²) < 4.78 is 0. The second-order valence-corrected chi connectivity index (χ2v) is 5.26. The van der Waals surface area contributed by atoms with Gasteiger partial charge >= 0.3 is 0 Å². The van der Waals surface area contributed by atoms with Gasteiger partial charge in [0, 0.05) is 17.5 Å². The number of nitrogens with zero attached hydrogens (tertiary/aromatic N) is 1. The van der Waals surface area contributed by atoms with Crippen LogP contribution in [0.25, 0.3) is 0 Å². The first-order valence-electron chi connectivity index (χ1n) is 5.91. The molecular formula is C11H24N2S. The predicted octanol–water partition coefficient (Wildman–Crippen LogP) is 1.81. The van der Waals surface area contributed by atoms with Crippen molar-refractivity contribution in [1.29, 1.82) is 0 Å². The quantitative estimate of drug-likeness (QED) is 0.729. The lowest BCUT2D eigenvalue weighted by atomic mass is 10.2. The van der Waals surface area contributed by atoms with Crippen LogP contribution in [0.15, 0.2) is 0 Å². The molecule has 0 radical (unpaired) electrons. The van der Waals surface area contributed by atoms with Crippen molar-refractivity contribution in [2.45, 2.75) is 31.9 Å². The Bertz CT molecular complexity index is 131. The van der Waals surface area contributed by atoms with Gasteiger partial charge in [-0.1, -0.05) is 13.8 Å². The van der Waals surface area contributed by atoms with Gasteiger partial charge in [0.25, 0.3) is 0 Å². The molecule has 0 saturated carbocycles. The van der Waals surface area contributed by atoms with Crippen molar-refractivity contribution in [3.8, 4) is 0 Å². The number of nitrogens with one attached hydrogen (secondary N) is 1. The summed E-state index contributed by atoms with van der Waals surface area (Å²) in [7, 11) is 0. The van der Waals surface area contributed by atoms with Gasteiger partial charge in [0.2, 0.25) is 0 Å². The van der Waals surface area contributed by atoms with E-state index < -0.39 is 0 Å². The maximum Gasteiger partial charge on any atom is 0.00722 e. The van der Waals surface area contributed by atoms with E-state index in [2.05, 4.69) is 35.8 Å². The highest BCUT2D eigenvalue weighted by Gasteiger charge is 2.12. The molecule has 1 fully saturated rings. The molecule has 0 atom stereocenters. The molecular weight excluding hydrogens is 192 g/mol. The van der Waals surface area contributed by atoms with Crippen LogP contribution in [0.1, 0.15) is 26.7 Å². The van der Waals surface area contributed by atoms with Crippen LogP contribution in [0.5, 0.6) is 0 Å². The third-order valence-corrected chi connectivity index (χ3v) is 4.30. The third-order valence-electron chi connectivity index (χ3n) is 2.94. The van der Waals surface area contributed by atoms with Gasteiger partial charge in [-0.3, -0.25) is 0 Å². The molecule has 0 aliphatic carbocycles. The lowest BCUT2D eigenvalue weighted by molar-refractivity contribution is 0.323. The van der Waals surface area contributed by atoms with Gasteiger partial charge < -0.3 is 10.2 Å². The number of piperidine rings is 1. The largest absolute Gasteiger partial charge is 0.317 e. The molecule has 0 bridgehead atoms. The predicted molar refractivity (Wildman–Crippen MR) is 66.1 cm³/mol. The van der Waals surface area contributed by atoms with E-state index in [0.717, 1.165) is 5.25 Å². The van der Waals surface area contributed by atoms with Gasteiger partial charge in [-0.25, -0.2) is 0 Å². The highest BCUT2D eigenvalue weighted by Crippen LogP contribution is 2.19. The van der Waals surface area contributed by atoms with Gasteiger partial charge in [-0.2, -0.15) is 11.8 Å². The van der Waals surface area contributed by atoms with E-state index in [9.17, 15) is 0 Å². The van der Waals surface area contributed by atoms with E-state index in [0.29, 0.717) is 0 Å². The van der Waals surface area contributed by atoms with Crippen molar-refractivity contribution in [1.82, 2.24) is 10.2 Å². The van der Waals surface area contributed by atoms with Crippen LogP contribution >= 0.6 is 11.8 Å². The normalized spacial score (nSPS) is 19.1. The molecule has 0 unspecified atom stereocenters. The van der Waals surface area contributed by atoms with Crippen molar-refractivity contribution in [3.63, 3.8) is 0 Å². The lowest BCUT2D eigenvalue weighted by Gasteiger charge is -2.24. The first-order chi connectivity index (χ1) is 6.86. The van der Waals surface area contributed by atoms with E-state index in [-0.39, 0.29) is 0 Å². The SMILES string of the molecule is CCN(CC)CCSC1CCNCC1. The minimum absolute atomic E-state index is 0.923. The molecule has 3 heteroatoms. The van der Waals surface area contributed by atoms with Crippen molar-refractivity contribution in [2.75, 3.05) is 38.5 Å². The Labute approximate surface area is 92.8 Å². The Hall–Kier alpha value is 0.270. The molecule has 1 heterocycles. The van der Waals surface area contributed by atoms with Crippen molar-refractivity contribution < 1.29 is 0 Å². The molecule has 1 rings (SSSR count). The zero-order chi connectivity index (χ0) is 10.2. The standard InChI is InChI=1S/C11H24N2S/c1-3-13(4-2)9-10-14-11-5-7-12-8-6-11/h11-12H,3-10H2,1-2H3. The third kappa shape index (κ3) is 4.67. The molecule has 0 aromatic rings. The molecule has 0 amide bonds. The molecule has 0 aromatic carbocycles. The molecule has 0 aromatic heterocycles. The van der Waals surface area contributed by atoms with Crippen LogP contribution < -0.4 is 5.32 Å². The molecule has 1 aliphatic heterocycles. The minimum Gasteiger partial charge on any atom is -0.317 e. The monoisotopic (exact) mass is 216 g/mol. The fourth-order valence-corrected chi connectivity index (χ4v) is 3.12. The lowest BCUT2D eigenvalue weighted by Crippen LogP contribution is -2.30. The van der Waals surface area contributed by atoms with E-state index in [1.807, 2.05) is 0 Å². The van der Waals surface area contributed by atoms with Crippen molar-refractivity contribution >= 4 is 11.8 Å². The van der Waals surface area contributed by atoms with E-state index in [1.165, 1.54) is 51.3 Å². The summed E-state index contributed by atoms with van der Waals surface area (Å²) in [5.74, 6) is 1.31. The maximum atomic E-state index is 3.41. The zero-order valence-electron chi connectivity index (χ0n) is 9.59. The van der Waals surface area contributed by atoms with E-state index >= 15 is 0 Å². The Balaban J connectivity index is 2.01. The maximum absolute atomic E-state index is 3.41. The van der Waals surface area contributed by atoms with Crippen LogP contribution in [0.2, 0.25) is 0 Å². The summed E-state index contributed by atoms with van der Waals surface area (Å²) >= 11 is 2.17. The molecule has 14 heavy (non-hydrogen) atoms. The number of hydrogen-bond acceptors (Lipinski definition) is 3. The smallest absolute Gasteiger partial charge is 0.00722 e. The highest BCUT2D eigenvalue weighted by atomic mass is 32.2. The average molecular weight is 216 g/mol. The summed E-state index contributed by atoms with van der Waals surface area (Å²) in [5.41, 5.74) is 0. The molecule has 84 valence electrons. The first-order valence-corrected chi connectivity index (χ1v) is 6.96. The fraction of sp³-hybridized carbons (Fsp3) is 1.00. The molecule has 1 saturated heterocycles. The fourth-order valence-electron chi connectivity index (χ4n) is 1.85. The highest BCUT2D eigenvalue weighted by molar-refractivity contribution is 7.99. The number of rotatable bonds is 6. The average Bonchev–Trinajstić information content (AvgIpc) is 2.26. The molecule has 1 aliphatic rings. The summed E-state index contributed by atoms with van der Waals surface area (Å²) in [4.78, 5) is 2.51. The Morgan fingerprint density at radius 3 is 2.43 bits per heavy atom. The van der Waals surface area contributed by atoms with Crippen LogP contribution in [-0.2, 0) is 0 Å². The Kier molecular flexibility index (Phi) is 6.65. The molecule has 2 nitrogen and oxygen atoms in total. The van der Waals surface area contributed by atoms with Crippen LogP contribution in [-0.4, -0.2) is 48.6 Å². The van der Waals surface area contributed by atoms with Gasteiger partial charge in [-0.15, -0.1) is 0 Å². The summed E-state index contributed by atoms with van der Waals surface area (Å²) in [6.07, 6.45) is 2.73. The molecule has 0 spiro atoms. The Morgan fingerprint density at radius 1 is 1.21 bits per heavy atom. The van der Waals surface area contributed by atoms with Crippen LogP contribution in [0.3, 0.4) is 0 Å². The number of hydrogen-bond donors (Lipinski definition) is 1. The summed E-state index contributed by atoms with van der Waals surface area (Å²) in [5, 5.41) is 4.34. The second kappa shape index (κ2) is 7.55. The van der Waals surface area contributed by atoms with Crippen molar-refractivity contribution in [3.05, 3.63) is 0 Å².